The molecule has 1 heterocycles. The fourth-order valence-electron chi connectivity index (χ4n) is 3.85. The quantitative estimate of drug-likeness (QED) is 0.802. The summed E-state index contributed by atoms with van der Waals surface area (Å²) in [5, 5.41) is 13.0. The minimum Gasteiger partial charge on any atom is -0.396 e. The number of aliphatic hydroxyl groups is 1. The lowest BCUT2D eigenvalue weighted by Gasteiger charge is -2.30. The maximum absolute atomic E-state index is 12.7. The number of halogens is 1. The number of hydrogen-bond acceptors (Lipinski definition) is 3. The van der Waals surface area contributed by atoms with Crippen LogP contribution in [0.5, 0.6) is 0 Å². The average molecular weight is 351 g/mol. The van der Waals surface area contributed by atoms with E-state index in [1.54, 1.807) is 29.2 Å². The van der Waals surface area contributed by atoms with Gasteiger partial charge in [0, 0.05) is 29.4 Å². The summed E-state index contributed by atoms with van der Waals surface area (Å²) in [4.78, 5) is 27.0. The summed E-state index contributed by atoms with van der Waals surface area (Å²) in [7, 11) is 0. The Morgan fingerprint density at radius 3 is 2.58 bits per heavy atom. The molecule has 2 aliphatic rings. The second kappa shape index (κ2) is 7.11. The third kappa shape index (κ3) is 3.42. The van der Waals surface area contributed by atoms with Gasteiger partial charge in [-0.25, -0.2) is 0 Å². The summed E-state index contributed by atoms with van der Waals surface area (Å²) in [6.45, 7) is 0.585. The molecule has 1 saturated heterocycles. The number of carbonyl (C=O) groups is 2. The standard InChI is InChI=1S/C18H23ClN2O3/c19-13-3-5-14(6-4-13)21-11-7-15(17(21)24)16(23)20-18(10-12-22)8-1-2-9-18/h3-6,15,22H,1-2,7-12H2,(H,20,23)/t15-/m1/s1. The lowest BCUT2D eigenvalue weighted by Crippen LogP contribution is -2.50. The molecule has 2 fully saturated rings. The van der Waals surface area contributed by atoms with Crippen molar-refractivity contribution in [3.05, 3.63) is 29.3 Å². The lowest BCUT2D eigenvalue weighted by molar-refractivity contribution is -0.133. The van der Waals surface area contributed by atoms with Gasteiger partial charge in [0.2, 0.25) is 11.8 Å². The van der Waals surface area contributed by atoms with Crippen LogP contribution in [0.3, 0.4) is 0 Å². The van der Waals surface area contributed by atoms with Gasteiger partial charge in [-0.1, -0.05) is 24.4 Å². The molecular formula is C18H23ClN2O3. The van der Waals surface area contributed by atoms with Crippen LogP contribution in [0.25, 0.3) is 0 Å². The third-order valence-electron chi connectivity index (χ3n) is 5.20. The van der Waals surface area contributed by atoms with Gasteiger partial charge in [-0.15, -0.1) is 0 Å². The second-order valence-corrected chi connectivity index (χ2v) is 7.19. The zero-order valence-corrected chi connectivity index (χ0v) is 14.4. The Bertz CT molecular complexity index is 611. The largest absolute Gasteiger partial charge is 0.396 e. The smallest absolute Gasteiger partial charge is 0.239 e. The van der Waals surface area contributed by atoms with Crippen LogP contribution in [-0.4, -0.2) is 35.6 Å². The highest BCUT2D eigenvalue weighted by Gasteiger charge is 2.42. The van der Waals surface area contributed by atoms with Gasteiger partial charge in [0.25, 0.3) is 0 Å². The Labute approximate surface area is 147 Å². The summed E-state index contributed by atoms with van der Waals surface area (Å²) in [5.74, 6) is -1.00. The molecule has 0 radical (unpaired) electrons. The zero-order valence-electron chi connectivity index (χ0n) is 13.6. The molecule has 0 unspecified atom stereocenters. The van der Waals surface area contributed by atoms with Gasteiger partial charge in [0.05, 0.1) is 0 Å². The van der Waals surface area contributed by atoms with Gasteiger partial charge >= 0.3 is 0 Å². The van der Waals surface area contributed by atoms with E-state index < -0.39 is 5.92 Å². The van der Waals surface area contributed by atoms with E-state index in [1.807, 2.05) is 0 Å². The lowest BCUT2D eigenvalue weighted by atomic mass is 9.92. The Hall–Kier alpha value is -1.59. The summed E-state index contributed by atoms with van der Waals surface area (Å²) >= 11 is 5.89. The first kappa shape index (κ1) is 17.2. The molecule has 5 nitrogen and oxygen atoms in total. The molecule has 0 bridgehead atoms. The number of rotatable bonds is 5. The first-order chi connectivity index (χ1) is 11.5. The van der Waals surface area contributed by atoms with Crippen molar-refractivity contribution in [2.45, 2.75) is 44.1 Å². The van der Waals surface area contributed by atoms with Crippen molar-refractivity contribution in [2.24, 2.45) is 5.92 Å². The van der Waals surface area contributed by atoms with Crippen molar-refractivity contribution in [3.63, 3.8) is 0 Å². The summed E-state index contributed by atoms with van der Waals surface area (Å²) in [5.41, 5.74) is 0.436. The van der Waals surface area contributed by atoms with Gasteiger partial charge in [-0.2, -0.15) is 0 Å². The Balaban J connectivity index is 1.68. The summed E-state index contributed by atoms with van der Waals surface area (Å²) in [6, 6.07) is 7.08. The summed E-state index contributed by atoms with van der Waals surface area (Å²) < 4.78 is 0. The Morgan fingerprint density at radius 2 is 1.96 bits per heavy atom. The molecule has 2 amide bonds. The predicted octanol–water partition coefficient (Wildman–Crippen LogP) is 2.50. The third-order valence-corrected chi connectivity index (χ3v) is 5.45. The van der Waals surface area contributed by atoms with Crippen LogP contribution in [-0.2, 0) is 9.59 Å². The minimum atomic E-state index is -0.642. The average Bonchev–Trinajstić information content (AvgIpc) is 3.16. The molecule has 0 aromatic heterocycles. The van der Waals surface area contributed by atoms with Crippen LogP contribution in [0.2, 0.25) is 5.02 Å². The fourth-order valence-corrected chi connectivity index (χ4v) is 3.98. The highest BCUT2D eigenvalue weighted by atomic mass is 35.5. The number of amides is 2. The molecule has 3 rings (SSSR count). The van der Waals surface area contributed by atoms with Gasteiger partial charge in [0.15, 0.2) is 0 Å². The first-order valence-electron chi connectivity index (χ1n) is 8.54. The van der Waals surface area contributed by atoms with Crippen LogP contribution in [0.4, 0.5) is 5.69 Å². The van der Waals surface area contributed by atoms with E-state index in [2.05, 4.69) is 5.32 Å². The van der Waals surface area contributed by atoms with E-state index in [0.29, 0.717) is 24.4 Å². The maximum Gasteiger partial charge on any atom is 0.239 e. The van der Waals surface area contributed by atoms with Crippen molar-refractivity contribution >= 4 is 29.1 Å². The van der Waals surface area contributed by atoms with Crippen molar-refractivity contribution in [1.82, 2.24) is 5.32 Å². The van der Waals surface area contributed by atoms with Crippen LogP contribution >= 0.6 is 11.6 Å². The molecule has 1 aliphatic heterocycles. The normalized spacial score (nSPS) is 22.8. The van der Waals surface area contributed by atoms with Crippen molar-refractivity contribution in [3.8, 4) is 0 Å². The van der Waals surface area contributed by atoms with E-state index in [1.165, 1.54) is 0 Å². The highest BCUT2D eigenvalue weighted by Crippen LogP contribution is 2.34. The molecule has 6 heteroatoms. The monoisotopic (exact) mass is 350 g/mol. The van der Waals surface area contributed by atoms with Crippen LogP contribution in [0.15, 0.2) is 24.3 Å². The molecule has 1 aromatic carbocycles. The van der Waals surface area contributed by atoms with Crippen LogP contribution < -0.4 is 10.2 Å². The zero-order chi connectivity index (χ0) is 17.2. The molecule has 1 saturated carbocycles. The summed E-state index contributed by atoms with van der Waals surface area (Å²) in [6.07, 6.45) is 4.93. The Morgan fingerprint density at radius 1 is 1.29 bits per heavy atom. The molecule has 0 spiro atoms. The first-order valence-corrected chi connectivity index (χ1v) is 8.92. The van der Waals surface area contributed by atoms with Gasteiger partial charge < -0.3 is 15.3 Å². The number of nitrogens with zero attached hydrogens (tertiary/aromatic N) is 1. The molecule has 24 heavy (non-hydrogen) atoms. The SMILES string of the molecule is O=C(NC1(CCO)CCCC1)[C@H]1CCN(c2ccc(Cl)cc2)C1=O. The molecule has 2 N–H and O–H groups in total. The van der Waals surface area contributed by atoms with Gasteiger partial charge in [-0.3, -0.25) is 9.59 Å². The van der Waals surface area contributed by atoms with Crippen molar-refractivity contribution in [2.75, 3.05) is 18.1 Å². The van der Waals surface area contributed by atoms with Crippen molar-refractivity contribution in [1.29, 1.82) is 0 Å². The van der Waals surface area contributed by atoms with E-state index in [-0.39, 0.29) is 24.0 Å². The number of aliphatic hydroxyl groups excluding tert-OH is 1. The predicted molar refractivity (Wildman–Crippen MR) is 93.0 cm³/mol. The van der Waals surface area contributed by atoms with E-state index in [4.69, 9.17) is 11.6 Å². The van der Waals surface area contributed by atoms with E-state index in [9.17, 15) is 14.7 Å². The minimum absolute atomic E-state index is 0.0514. The molecular weight excluding hydrogens is 328 g/mol. The number of hydrogen-bond donors (Lipinski definition) is 2. The van der Waals surface area contributed by atoms with Gasteiger partial charge in [-0.05, 0) is 49.9 Å². The van der Waals surface area contributed by atoms with Crippen LogP contribution in [0.1, 0.15) is 38.5 Å². The Kier molecular flexibility index (Phi) is 5.11. The number of benzene rings is 1. The number of anilines is 1. The van der Waals surface area contributed by atoms with Gasteiger partial charge in [0.1, 0.15) is 5.92 Å². The number of carbonyl (C=O) groups excluding carboxylic acids is 2. The van der Waals surface area contributed by atoms with Crippen LogP contribution in [0, 0.1) is 5.92 Å². The fraction of sp³-hybridized carbons (Fsp3) is 0.556. The maximum atomic E-state index is 12.7. The molecule has 1 aliphatic carbocycles. The number of nitrogens with one attached hydrogen (secondary N) is 1. The van der Waals surface area contributed by atoms with Crippen molar-refractivity contribution < 1.29 is 14.7 Å². The topological polar surface area (TPSA) is 69.6 Å². The van der Waals surface area contributed by atoms with E-state index >= 15 is 0 Å². The highest BCUT2D eigenvalue weighted by molar-refractivity contribution is 6.30. The molecule has 130 valence electrons. The molecule has 1 aromatic rings. The van der Waals surface area contributed by atoms with E-state index in [0.717, 1.165) is 31.4 Å². The second-order valence-electron chi connectivity index (χ2n) is 6.76. The molecule has 1 atom stereocenters.